The molecule has 0 bridgehead atoms. The quantitative estimate of drug-likeness (QED) is 0.0413. The Labute approximate surface area is 345 Å². The van der Waals surface area contributed by atoms with E-state index in [1.165, 1.54) is 57.8 Å². The number of carboxylic acids is 1. The fraction of sp³-hybridized carbons (Fsp3) is 0.864. The van der Waals surface area contributed by atoms with Crippen molar-refractivity contribution < 1.29 is 43.3 Å². The highest BCUT2D eigenvalue weighted by Gasteiger charge is 2.32. The molecular formula is C44H82N4O9. The van der Waals surface area contributed by atoms with Crippen LogP contribution in [0.5, 0.6) is 0 Å². The first kappa shape index (κ1) is 53.6. The van der Waals surface area contributed by atoms with Crippen LogP contribution in [0.15, 0.2) is 0 Å². The van der Waals surface area contributed by atoms with Gasteiger partial charge in [-0.3, -0.25) is 14.4 Å². The number of ketones is 1. The standard InChI is InChI=1S/C44H82N4O9/c1-10-11-12-13-14-15-16-17-18-19-20-21-22-29-38(50)47-35(27-23-25-30-45-41(54)56-43(4,5)6)37(49)32-34(33(2)3)39(51)48-36(40(52)53)28-24-26-31-46-42(55)57-44(7,8)9/h33-36H,10-32H2,1-9H3,(H,45,54)(H,46,55)(H,47,50)(H,48,51)(H,52,53)/t34-,35-,36-/m0/s1. The lowest BCUT2D eigenvalue weighted by atomic mass is 9.86. The first-order valence-corrected chi connectivity index (χ1v) is 22.0. The zero-order valence-electron chi connectivity index (χ0n) is 37.3. The van der Waals surface area contributed by atoms with Crippen LogP contribution in [-0.4, -0.2) is 77.2 Å². The van der Waals surface area contributed by atoms with Gasteiger partial charge in [0.1, 0.15) is 17.2 Å². The van der Waals surface area contributed by atoms with Crippen molar-refractivity contribution in [2.75, 3.05) is 13.1 Å². The van der Waals surface area contributed by atoms with Crippen LogP contribution in [0.25, 0.3) is 0 Å². The van der Waals surface area contributed by atoms with Gasteiger partial charge in [-0.05, 0) is 92.4 Å². The maximum absolute atomic E-state index is 13.8. The maximum Gasteiger partial charge on any atom is 0.407 e. The van der Waals surface area contributed by atoms with Gasteiger partial charge < -0.3 is 35.8 Å². The van der Waals surface area contributed by atoms with E-state index >= 15 is 0 Å². The van der Waals surface area contributed by atoms with Gasteiger partial charge in [-0.25, -0.2) is 14.4 Å². The second-order valence-corrected chi connectivity index (χ2v) is 17.9. The predicted molar refractivity (Wildman–Crippen MR) is 226 cm³/mol. The molecule has 0 aliphatic carbocycles. The highest BCUT2D eigenvalue weighted by atomic mass is 16.6. The van der Waals surface area contributed by atoms with Gasteiger partial charge in [-0.2, -0.15) is 0 Å². The highest BCUT2D eigenvalue weighted by molar-refractivity contribution is 5.93. The van der Waals surface area contributed by atoms with Gasteiger partial charge in [0.05, 0.1) is 6.04 Å². The van der Waals surface area contributed by atoms with Crippen molar-refractivity contribution >= 4 is 35.8 Å². The number of nitrogens with one attached hydrogen (secondary N) is 4. The molecule has 0 spiro atoms. The molecule has 0 unspecified atom stereocenters. The minimum Gasteiger partial charge on any atom is -0.480 e. The van der Waals surface area contributed by atoms with Crippen LogP contribution in [0.1, 0.15) is 197 Å². The smallest absolute Gasteiger partial charge is 0.407 e. The monoisotopic (exact) mass is 811 g/mol. The van der Waals surface area contributed by atoms with Crippen LogP contribution in [0.3, 0.4) is 0 Å². The van der Waals surface area contributed by atoms with Crippen molar-refractivity contribution in [2.45, 2.75) is 220 Å². The van der Waals surface area contributed by atoms with Crippen molar-refractivity contribution in [2.24, 2.45) is 11.8 Å². The summed E-state index contributed by atoms with van der Waals surface area (Å²) >= 11 is 0. The highest BCUT2D eigenvalue weighted by Crippen LogP contribution is 2.20. The summed E-state index contributed by atoms with van der Waals surface area (Å²) in [5.74, 6) is -3.29. The van der Waals surface area contributed by atoms with E-state index in [0.717, 1.165) is 25.7 Å². The number of ether oxygens (including phenoxy) is 2. The summed E-state index contributed by atoms with van der Waals surface area (Å²) in [6.45, 7) is 17.1. The molecule has 0 aromatic heterocycles. The number of carboxylic acid groups (broad SMARTS) is 1. The lowest BCUT2D eigenvalue weighted by Gasteiger charge is -2.25. The zero-order valence-corrected chi connectivity index (χ0v) is 37.3. The molecule has 0 aromatic carbocycles. The Bertz CT molecular complexity index is 1160. The van der Waals surface area contributed by atoms with E-state index in [9.17, 15) is 33.9 Å². The Morgan fingerprint density at radius 3 is 1.39 bits per heavy atom. The molecule has 13 nitrogen and oxygen atoms in total. The van der Waals surface area contributed by atoms with E-state index in [2.05, 4.69) is 28.2 Å². The fourth-order valence-electron chi connectivity index (χ4n) is 6.37. The Morgan fingerprint density at radius 2 is 0.982 bits per heavy atom. The number of amides is 4. The second kappa shape index (κ2) is 30.7. The molecule has 332 valence electrons. The Kier molecular flexibility index (Phi) is 28.8. The summed E-state index contributed by atoms with van der Waals surface area (Å²) in [4.78, 5) is 76.3. The molecule has 3 atom stereocenters. The number of hydrogen-bond donors (Lipinski definition) is 5. The molecule has 0 saturated carbocycles. The largest absolute Gasteiger partial charge is 0.480 e. The van der Waals surface area contributed by atoms with Gasteiger partial charge in [-0.15, -0.1) is 0 Å². The van der Waals surface area contributed by atoms with Crippen molar-refractivity contribution in [1.29, 1.82) is 0 Å². The van der Waals surface area contributed by atoms with Gasteiger partial charge in [0, 0.05) is 31.8 Å². The molecule has 0 aliphatic rings. The molecule has 5 N–H and O–H groups in total. The molecule has 57 heavy (non-hydrogen) atoms. The third-order valence-corrected chi connectivity index (χ3v) is 9.58. The number of rotatable bonds is 32. The van der Waals surface area contributed by atoms with Crippen molar-refractivity contribution in [3.8, 4) is 0 Å². The lowest BCUT2D eigenvalue weighted by molar-refractivity contribution is -0.143. The predicted octanol–water partition coefficient (Wildman–Crippen LogP) is 9.14. The summed E-state index contributed by atoms with van der Waals surface area (Å²) in [7, 11) is 0. The summed E-state index contributed by atoms with van der Waals surface area (Å²) < 4.78 is 10.5. The van der Waals surface area contributed by atoms with E-state index in [0.29, 0.717) is 51.6 Å². The van der Waals surface area contributed by atoms with Crippen molar-refractivity contribution in [3.05, 3.63) is 0 Å². The molecule has 0 aliphatic heterocycles. The van der Waals surface area contributed by atoms with E-state index in [4.69, 9.17) is 9.47 Å². The first-order valence-electron chi connectivity index (χ1n) is 22.0. The number of carbonyl (C=O) groups is 6. The summed E-state index contributed by atoms with van der Waals surface area (Å²) in [6, 6.07) is -1.98. The maximum atomic E-state index is 13.8. The number of carbonyl (C=O) groups excluding carboxylic acids is 5. The third kappa shape index (κ3) is 31.3. The van der Waals surface area contributed by atoms with Gasteiger partial charge in [0.15, 0.2) is 5.78 Å². The normalized spacial score (nSPS) is 13.3. The molecule has 0 saturated heterocycles. The second-order valence-electron chi connectivity index (χ2n) is 17.9. The number of Topliss-reactive ketones (excluding diaryl/α,β-unsaturated/α-hetero) is 1. The zero-order chi connectivity index (χ0) is 43.3. The average molecular weight is 811 g/mol. The Hall–Kier alpha value is -3.38. The van der Waals surface area contributed by atoms with Crippen LogP contribution in [0.4, 0.5) is 9.59 Å². The van der Waals surface area contributed by atoms with E-state index < -0.39 is 53.3 Å². The van der Waals surface area contributed by atoms with Gasteiger partial charge in [0.2, 0.25) is 11.8 Å². The molecule has 0 fully saturated rings. The third-order valence-electron chi connectivity index (χ3n) is 9.58. The van der Waals surface area contributed by atoms with Crippen LogP contribution in [-0.2, 0) is 28.7 Å². The van der Waals surface area contributed by atoms with Crippen LogP contribution >= 0.6 is 0 Å². The number of hydrogen-bond acceptors (Lipinski definition) is 8. The molecule has 0 aromatic rings. The lowest BCUT2D eigenvalue weighted by Crippen LogP contribution is -2.47. The molecular weight excluding hydrogens is 729 g/mol. The number of alkyl carbamates (subject to hydrolysis) is 2. The van der Waals surface area contributed by atoms with Crippen molar-refractivity contribution in [3.63, 3.8) is 0 Å². The SMILES string of the molecule is CCCCCCCCCCCCCCCC(=O)N[C@@H](CCCCNC(=O)OC(C)(C)C)C(=O)C[C@H](C(=O)N[C@@H](CCCCNC(=O)OC(C)(C)C)C(=O)O)C(C)C. The van der Waals surface area contributed by atoms with Crippen LogP contribution < -0.4 is 21.3 Å². The van der Waals surface area contributed by atoms with E-state index in [1.807, 2.05) is 0 Å². The molecule has 0 rings (SSSR count). The topological polar surface area (TPSA) is 189 Å². The van der Waals surface area contributed by atoms with Gasteiger partial charge >= 0.3 is 18.2 Å². The van der Waals surface area contributed by atoms with Gasteiger partial charge in [0.25, 0.3) is 0 Å². The summed E-state index contributed by atoms with van der Waals surface area (Å²) in [6.07, 6.45) is 17.2. The van der Waals surface area contributed by atoms with Crippen LogP contribution in [0, 0.1) is 11.8 Å². The van der Waals surface area contributed by atoms with E-state index in [-0.39, 0.29) is 30.4 Å². The molecule has 0 radical (unpaired) electrons. The fourth-order valence-corrected chi connectivity index (χ4v) is 6.37. The Morgan fingerprint density at radius 1 is 0.561 bits per heavy atom. The average Bonchev–Trinajstić information content (AvgIpc) is 3.09. The first-order chi connectivity index (χ1) is 26.8. The minimum atomic E-state index is -1.18. The number of aliphatic carboxylic acids is 1. The molecule has 13 heteroatoms. The van der Waals surface area contributed by atoms with E-state index in [1.54, 1.807) is 55.4 Å². The summed E-state index contributed by atoms with van der Waals surface area (Å²) in [5, 5.41) is 20.8. The molecule has 0 heterocycles. The minimum absolute atomic E-state index is 0.144. The number of unbranched alkanes of at least 4 members (excludes halogenated alkanes) is 14. The molecule has 4 amide bonds. The Balaban J connectivity index is 5.18. The summed E-state index contributed by atoms with van der Waals surface area (Å²) in [5.41, 5.74) is -1.25. The van der Waals surface area contributed by atoms with Crippen LogP contribution in [0.2, 0.25) is 0 Å². The van der Waals surface area contributed by atoms with Gasteiger partial charge in [-0.1, -0.05) is 97.8 Å². The van der Waals surface area contributed by atoms with Crippen molar-refractivity contribution in [1.82, 2.24) is 21.3 Å².